The molecule has 0 N–H and O–H groups in total. The van der Waals surface area contributed by atoms with E-state index in [1.807, 2.05) is 111 Å². The lowest BCUT2D eigenvalue weighted by atomic mass is 10.1. The van der Waals surface area contributed by atoms with Crippen LogP contribution in [0, 0.1) is 13.8 Å². The first-order valence-electron chi connectivity index (χ1n) is 10.9. The Morgan fingerprint density at radius 1 is 0.606 bits per heavy atom. The minimum atomic E-state index is -3.96. The second-order valence-electron chi connectivity index (χ2n) is 7.80. The fraction of sp³-hybridized carbons (Fsp3) is 0.143. The molecule has 4 nitrogen and oxygen atoms in total. The molecule has 0 unspecified atom stereocenters. The SMILES string of the molecule is Cc1ccccc1COP(=O)(OCc1ccccc1C)Oc1ccccc1-c1ccccc1. The number of para-hydroxylation sites is 1. The van der Waals surface area contributed by atoms with Crippen molar-refractivity contribution in [3.63, 3.8) is 0 Å². The molecule has 0 radical (unpaired) electrons. The zero-order valence-corrected chi connectivity index (χ0v) is 19.7. The molecule has 0 atom stereocenters. The maximum atomic E-state index is 13.9. The molecule has 0 saturated carbocycles. The Balaban J connectivity index is 1.62. The van der Waals surface area contributed by atoms with Gasteiger partial charge in [0, 0.05) is 5.56 Å². The molecule has 0 fully saturated rings. The number of hydrogen-bond acceptors (Lipinski definition) is 4. The molecule has 5 heteroatoms. The van der Waals surface area contributed by atoms with Crippen LogP contribution in [-0.2, 0) is 26.8 Å². The summed E-state index contributed by atoms with van der Waals surface area (Å²) in [6, 6.07) is 32.9. The van der Waals surface area contributed by atoms with Gasteiger partial charge in [-0.3, -0.25) is 9.05 Å². The molecular formula is C28H27O4P. The maximum absolute atomic E-state index is 13.9. The third-order valence-electron chi connectivity index (χ3n) is 5.46. The lowest BCUT2D eigenvalue weighted by Crippen LogP contribution is -2.05. The van der Waals surface area contributed by atoms with Crippen molar-refractivity contribution in [2.75, 3.05) is 0 Å². The number of phosphoric ester groups is 1. The zero-order valence-electron chi connectivity index (χ0n) is 18.8. The number of phosphoric acid groups is 1. The van der Waals surface area contributed by atoms with Crippen LogP contribution in [0.15, 0.2) is 103 Å². The van der Waals surface area contributed by atoms with E-state index in [1.165, 1.54) is 0 Å². The molecule has 0 aliphatic rings. The Hall–Kier alpha value is -3.17. The molecular weight excluding hydrogens is 431 g/mol. The monoisotopic (exact) mass is 458 g/mol. The van der Waals surface area contributed by atoms with Gasteiger partial charge < -0.3 is 4.52 Å². The van der Waals surface area contributed by atoms with Crippen molar-refractivity contribution < 1.29 is 18.1 Å². The highest BCUT2D eigenvalue weighted by atomic mass is 31.2. The van der Waals surface area contributed by atoms with Crippen LogP contribution >= 0.6 is 7.82 Å². The third kappa shape index (κ3) is 6.00. The summed E-state index contributed by atoms with van der Waals surface area (Å²) in [6.07, 6.45) is 0. The van der Waals surface area contributed by atoms with E-state index in [-0.39, 0.29) is 13.2 Å². The predicted molar refractivity (Wildman–Crippen MR) is 132 cm³/mol. The minimum Gasteiger partial charge on any atom is -0.403 e. The van der Waals surface area contributed by atoms with Crippen LogP contribution in [0.2, 0.25) is 0 Å². The maximum Gasteiger partial charge on any atom is 0.530 e. The van der Waals surface area contributed by atoms with Crippen LogP contribution in [0.4, 0.5) is 0 Å². The lowest BCUT2D eigenvalue weighted by molar-refractivity contribution is 0.143. The van der Waals surface area contributed by atoms with E-state index < -0.39 is 7.82 Å². The molecule has 0 heterocycles. The van der Waals surface area contributed by atoms with Crippen LogP contribution in [-0.4, -0.2) is 0 Å². The van der Waals surface area contributed by atoms with Crippen LogP contribution in [0.3, 0.4) is 0 Å². The van der Waals surface area contributed by atoms with Gasteiger partial charge in [0.15, 0.2) is 0 Å². The molecule has 0 aliphatic heterocycles. The Morgan fingerprint density at radius 2 is 1.09 bits per heavy atom. The van der Waals surface area contributed by atoms with Crippen molar-refractivity contribution in [2.45, 2.75) is 27.1 Å². The fourth-order valence-corrected chi connectivity index (χ4v) is 4.63. The van der Waals surface area contributed by atoms with Gasteiger partial charge in [-0.15, -0.1) is 0 Å². The number of benzene rings is 4. The highest BCUT2D eigenvalue weighted by molar-refractivity contribution is 7.48. The average molecular weight is 458 g/mol. The van der Waals surface area contributed by atoms with Crippen molar-refractivity contribution in [1.82, 2.24) is 0 Å². The van der Waals surface area contributed by atoms with Gasteiger partial charge in [-0.25, -0.2) is 4.57 Å². The van der Waals surface area contributed by atoms with Crippen molar-refractivity contribution in [3.8, 4) is 16.9 Å². The van der Waals surface area contributed by atoms with E-state index >= 15 is 0 Å². The smallest absolute Gasteiger partial charge is 0.403 e. The van der Waals surface area contributed by atoms with Gasteiger partial charge in [0.25, 0.3) is 0 Å². The average Bonchev–Trinajstić information content (AvgIpc) is 2.84. The van der Waals surface area contributed by atoms with Crippen molar-refractivity contribution in [1.29, 1.82) is 0 Å². The van der Waals surface area contributed by atoms with Gasteiger partial charge in [-0.2, -0.15) is 0 Å². The molecule has 4 aromatic carbocycles. The molecule has 0 bridgehead atoms. The Labute approximate surface area is 195 Å². The van der Waals surface area contributed by atoms with Crippen LogP contribution in [0.25, 0.3) is 11.1 Å². The summed E-state index contributed by atoms with van der Waals surface area (Å²) >= 11 is 0. The van der Waals surface area contributed by atoms with E-state index in [1.54, 1.807) is 6.07 Å². The number of hydrogen-bond donors (Lipinski definition) is 0. The first kappa shape index (κ1) is 23.0. The number of rotatable bonds is 9. The van der Waals surface area contributed by atoms with E-state index in [2.05, 4.69) is 0 Å². The summed E-state index contributed by atoms with van der Waals surface area (Å²) < 4.78 is 31.6. The summed E-state index contributed by atoms with van der Waals surface area (Å²) in [7, 11) is -3.96. The number of aryl methyl sites for hydroxylation is 2. The molecule has 33 heavy (non-hydrogen) atoms. The third-order valence-corrected chi connectivity index (χ3v) is 6.77. The summed E-state index contributed by atoms with van der Waals surface area (Å²) in [5.41, 5.74) is 5.73. The second-order valence-corrected chi connectivity index (χ2v) is 9.39. The van der Waals surface area contributed by atoms with Crippen molar-refractivity contribution in [2.24, 2.45) is 0 Å². The van der Waals surface area contributed by atoms with Gasteiger partial charge in [0.2, 0.25) is 0 Å². The van der Waals surface area contributed by atoms with Crippen molar-refractivity contribution in [3.05, 3.63) is 125 Å². The summed E-state index contributed by atoms with van der Waals surface area (Å²) in [4.78, 5) is 0. The van der Waals surface area contributed by atoms with Crippen LogP contribution in [0.1, 0.15) is 22.3 Å². The zero-order chi connectivity index (χ0) is 23.1. The first-order valence-corrected chi connectivity index (χ1v) is 12.3. The standard InChI is InChI=1S/C28H27O4P/c1-22-12-6-8-16-25(22)20-30-33(29,31-21-26-17-9-7-13-23(26)2)32-28-19-11-10-18-27(28)24-14-4-3-5-15-24/h3-19H,20-21H2,1-2H3. The fourth-order valence-electron chi connectivity index (χ4n) is 3.45. The predicted octanol–water partition coefficient (Wildman–Crippen LogP) is 7.89. The Kier molecular flexibility index (Phi) is 7.41. The molecule has 0 saturated heterocycles. The highest BCUT2D eigenvalue weighted by Gasteiger charge is 2.30. The molecule has 4 rings (SSSR count). The first-order chi connectivity index (χ1) is 16.0. The van der Waals surface area contributed by atoms with Crippen LogP contribution < -0.4 is 4.52 Å². The molecule has 168 valence electrons. The van der Waals surface area contributed by atoms with Gasteiger partial charge in [-0.05, 0) is 47.7 Å². The summed E-state index contributed by atoms with van der Waals surface area (Å²) in [5, 5.41) is 0. The molecule has 0 spiro atoms. The van der Waals surface area contributed by atoms with Gasteiger partial charge in [-0.1, -0.05) is 97.1 Å². The summed E-state index contributed by atoms with van der Waals surface area (Å²) in [5.74, 6) is 0.446. The molecule has 0 aromatic heterocycles. The van der Waals surface area contributed by atoms with Crippen LogP contribution in [0.5, 0.6) is 5.75 Å². The summed E-state index contributed by atoms with van der Waals surface area (Å²) in [6.45, 7) is 4.21. The molecule has 4 aromatic rings. The van der Waals surface area contributed by atoms with Gasteiger partial charge >= 0.3 is 7.82 Å². The van der Waals surface area contributed by atoms with Crippen molar-refractivity contribution >= 4 is 7.82 Å². The topological polar surface area (TPSA) is 44.8 Å². The largest absolute Gasteiger partial charge is 0.530 e. The van der Waals surface area contributed by atoms with E-state index in [0.717, 1.165) is 33.4 Å². The quantitative estimate of drug-likeness (QED) is 0.239. The molecule has 0 amide bonds. The van der Waals surface area contributed by atoms with Gasteiger partial charge in [0.1, 0.15) is 5.75 Å². The molecule has 0 aliphatic carbocycles. The Bertz CT molecular complexity index is 1200. The van der Waals surface area contributed by atoms with Gasteiger partial charge in [0.05, 0.1) is 13.2 Å². The minimum absolute atomic E-state index is 0.116. The second kappa shape index (κ2) is 10.6. The normalized spacial score (nSPS) is 11.3. The van der Waals surface area contributed by atoms with E-state index in [4.69, 9.17) is 13.6 Å². The van der Waals surface area contributed by atoms with E-state index in [0.29, 0.717) is 5.75 Å². The van der Waals surface area contributed by atoms with E-state index in [9.17, 15) is 4.57 Å². The highest BCUT2D eigenvalue weighted by Crippen LogP contribution is 2.52. The Morgan fingerprint density at radius 3 is 1.67 bits per heavy atom. The lowest BCUT2D eigenvalue weighted by Gasteiger charge is -2.21.